The zero-order valence-corrected chi connectivity index (χ0v) is 7.68. The SMILES string of the molecule is C=C(C(=O)O)/C(Cl)=C\C(=[N-])Br. The molecular weight excluding hydrogens is 233 g/mol. The highest BCUT2D eigenvalue weighted by Gasteiger charge is 2.06. The van der Waals surface area contributed by atoms with Crippen molar-refractivity contribution in [3.05, 3.63) is 28.7 Å². The molecule has 0 radical (unpaired) electrons. The molecule has 60 valence electrons. The molecule has 0 aromatic carbocycles. The molecule has 0 rings (SSSR count). The van der Waals surface area contributed by atoms with Crippen molar-refractivity contribution in [1.29, 1.82) is 0 Å². The van der Waals surface area contributed by atoms with Crippen LogP contribution < -0.4 is 0 Å². The third-order valence-electron chi connectivity index (χ3n) is 0.792. The van der Waals surface area contributed by atoms with Crippen LogP contribution >= 0.6 is 27.5 Å². The van der Waals surface area contributed by atoms with Crippen LogP contribution in [0.3, 0.4) is 0 Å². The molecule has 11 heavy (non-hydrogen) atoms. The van der Waals surface area contributed by atoms with Gasteiger partial charge in [-0.25, -0.2) is 4.79 Å². The van der Waals surface area contributed by atoms with E-state index in [1.165, 1.54) is 0 Å². The van der Waals surface area contributed by atoms with E-state index in [0.717, 1.165) is 6.08 Å². The Labute approximate surface area is 77.0 Å². The minimum atomic E-state index is -1.22. The molecule has 0 heterocycles. The zero-order valence-electron chi connectivity index (χ0n) is 5.34. The molecule has 0 aliphatic rings. The van der Waals surface area contributed by atoms with Crippen molar-refractivity contribution in [2.45, 2.75) is 0 Å². The Morgan fingerprint density at radius 2 is 2.18 bits per heavy atom. The van der Waals surface area contributed by atoms with Gasteiger partial charge >= 0.3 is 5.97 Å². The van der Waals surface area contributed by atoms with E-state index in [4.69, 9.17) is 22.1 Å². The van der Waals surface area contributed by atoms with Crippen molar-refractivity contribution in [2.75, 3.05) is 0 Å². The van der Waals surface area contributed by atoms with Crippen molar-refractivity contribution in [3.8, 4) is 0 Å². The molecule has 0 fully saturated rings. The summed E-state index contributed by atoms with van der Waals surface area (Å²) in [6.45, 7) is 3.16. The van der Waals surface area contributed by atoms with Gasteiger partial charge in [-0.2, -0.15) is 0 Å². The lowest BCUT2D eigenvalue weighted by Crippen LogP contribution is -1.99. The zero-order chi connectivity index (χ0) is 9.02. The van der Waals surface area contributed by atoms with Gasteiger partial charge in [-0.1, -0.05) is 40.2 Å². The lowest BCUT2D eigenvalue weighted by atomic mass is 10.3. The molecule has 0 unspecified atom stereocenters. The molecule has 0 amide bonds. The Morgan fingerprint density at radius 3 is 2.45 bits per heavy atom. The smallest absolute Gasteiger partial charge is 0.336 e. The van der Waals surface area contributed by atoms with Gasteiger partial charge in [0.15, 0.2) is 0 Å². The molecular formula is C6H4BrClNO2-. The first-order valence-corrected chi connectivity index (χ1v) is 3.63. The predicted octanol–water partition coefficient (Wildman–Crippen LogP) is 2.11. The highest BCUT2D eigenvalue weighted by Crippen LogP contribution is 2.13. The fourth-order valence-electron chi connectivity index (χ4n) is 0.294. The minimum absolute atomic E-state index is 0.119. The second-order valence-corrected chi connectivity index (χ2v) is 2.82. The first kappa shape index (κ1) is 10.4. The first-order valence-electron chi connectivity index (χ1n) is 2.46. The summed E-state index contributed by atoms with van der Waals surface area (Å²) in [6.07, 6.45) is 1.04. The Hall–Kier alpha value is -0.610. The molecule has 3 nitrogen and oxygen atoms in total. The molecule has 0 aromatic heterocycles. The summed E-state index contributed by atoms with van der Waals surface area (Å²) in [5.41, 5.74) is -0.266. The number of nitrogens with zero attached hydrogens (tertiary/aromatic N) is 1. The Kier molecular flexibility index (Phi) is 4.07. The fraction of sp³-hybridized carbons (Fsp3) is 0. The number of carbonyl (C=O) groups is 1. The Balaban J connectivity index is 4.49. The van der Waals surface area contributed by atoms with Gasteiger partial charge in [0, 0.05) is 0 Å². The molecule has 0 bridgehead atoms. The largest absolute Gasteiger partial charge is 0.798 e. The normalized spacial score (nSPS) is 10.9. The van der Waals surface area contributed by atoms with Gasteiger partial charge in [0.25, 0.3) is 0 Å². The standard InChI is InChI=1S/C6H4BrClNO2/c1-3(6(10)11)4(8)2-5(7)9/h2H,1H2,(H,10,11)/q-1/b4-2+. The number of aliphatic carboxylic acids is 1. The number of halogens is 2. The predicted molar refractivity (Wildman–Crippen MR) is 48.0 cm³/mol. The van der Waals surface area contributed by atoms with E-state index >= 15 is 0 Å². The van der Waals surface area contributed by atoms with Crippen molar-refractivity contribution in [3.63, 3.8) is 0 Å². The molecule has 0 aliphatic heterocycles. The van der Waals surface area contributed by atoms with Crippen molar-refractivity contribution in [1.82, 2.24) is 0 Å². The quantitative estimate of drug-likeness (QED) is 0.464. The Bertz CT molecular complexity index is 247. The maximum atomic E-state index is 10.2. The van der Waals surface area contributed by atoms with Gasteiger partial charge < -0.3 is 10.5 Å². The average Bonchev–Trinajstić information content (AvgIpc) is 1.84. The van der Waals surface area contributed by atoms with Crippen LogP contribution in [0.1, 0.15) is 0 Å². The maximum absolute atomic E-state index is 10.2. The van der Waals surface area contributed by atoms with Gasteiger partial charge in [0.05, 0.1) is 10.6 Å². The number of carboxylic acids is 1. The third-order valence-corrected chi connectivity index (χ3v) is 1.36. The summed E-state index contributed by atoms with van der Waals surface area (Å²) in [5, 5.41) is 16.8. The van der Waals surface area contributed by atoms with Crippen LogP contribution in [0.2, 0.25) is 0 Å². The van der Waals surface area contributed by atoms with E-state index in [2.05, 4.69) is 22.5 Å². The molecule has 0 atom stereocenters. The van der Waals surface area contributed by atoms with Crippen molar-refractivity contribution in [2.24, 2.45) is 0 Å². The molecule has 5 heteroatoms. The van der Waals surface area contributed by atoms with Crippen LogP contribution in [0.25, 0.3) is 5.41 Å². The molecule has 0 saturated heterocycles. The minimum Gasteiger partial charge on any atom is -0.798 e. The van der Waals surface area contributed by atoms with E-state index in [0.29, 0.717) is 0 Å². The highest BCUT2D eigenvalue weighted by atomic mass is 79.9. The molecule has 0 spiro atoms. The molecule has 0 aromatic rings. The van der Waals surface area contributed by atoms with E-state index in [-0.39, 0.29) is 15.2 Å². The summed E-state index contributed by atoms with van der Waals surface area (Å²) in [7, 11) is 0. The van der Waals surface area contributed by atoms with Crippen molar-refractivity contribution < 1.29 is 9.90 Å². The molecule has 0 aliphatic carbocycles. The van der Waals surface area contributed by atoms with Gasteiger partial charge in [0.2, 0.25) is 0 Å². The van der Waals surface area contributed by atoms with Crippen LogP contribution in [0.4, 0.5) is 0 Å². The first-order chi connectivity index (χ1) is 4.95. The number of rotatable bonds is 3. The van der Waals surface area contributed by atoms with Crippen molar-refractivity contribution >= 4 is 38.1 Å². The van der Waals surface area contributed by atoms with Crippen LogP contribution in [0, 0.1) is 0 Å². The van der Waals surface area contributed by atoms with E-state index in [9.17, 15) is 4.79 Å². The number of hydrogen-bond donors (Lipinski definition) is 1. The highest BCUT2D eigenvalue weighted by molar-refractivity contribution is 9.18. The maximum Gasteiger partial charge on any atom is 0.336 e. The fourth-order valence-corrected chi connectivity index (χ4v) is 0.839. The average molecular weight is 237 g/mol. The molecule has 0 saturated carbocycles. The lowest BCUT2D eigenvalue weighted by molar-refractivity contribution is -0.132. The van der Waals surface area contributed by atoms with Gasteiger partial charge in [0.1, 0.15) is 0 Å². The number of hydrogen-bond acceptors (Lipinski definition) is 1. The summed E-state index contributed by atoms with van der Waals surface area (Å²) < 4.78 is -0.245. The number of allylic oxidation sites excluding steroid dienone is 1. The van der Waals surface area contributed by atoms with E-state index in [1.807, 2.05) is 0 Å². The van der Waals surface area contributed by atoms with Crippen LogP contribution in [-0.2, 0) is 4.79 Å². The third kappa shape index (κ3) is 3.95. The monoisotopic (exact) mass is 236 g/mol. The molecule has 1 N–H and O–H groups in total. The topological polar surface area (TPSA) is 59.6 Å². The van der Waals surface area contributed by atoms with E-state index < -0.39 is 5.97 Å². The summed E-state index contributed by atoms with van der Waals surface area (Å²) in [4.78, 5) is 10.2. The Morgan fingerprint density at radius 1 is 1.73 bits per heavy atom. The van der Waals surface area contributed by atoms with Crippen LogP contribution in [0.15, 0.2) is 23.3 Å². The van der Waals surface area contributed by atoms with Gasteiger partial charge in [-0.05, 0) is 0 Å². The van der Waals surface area contributed by atoms with Crippen LogP contribution in [0.5, 0.6) is 0 Å². The lowest BCUT2D eigenvalue weighted by Gasteiger charge is -1.99. The number of carboxylic acid groups (broad SMARTS) is 1. The summed E-state index contributed by atoms with van der Waals surface area (Å²) in [6, 6.07) is 0. The van der Waals surface area contributed by atoms with E-state index in [1.54, 1.807) is 0 Å². The summed E-state index contributed by atoms with van der Waals surface area (Å²) in [5.74, 6) is -1.22. The van der Waals surface area contributed by atoms with Crippen LogP contribution in [-0.4, -0.2) is 15.7 Å². The van der Waals surface area contributed by atoms with Gasteiger partial charge in [-0.3, -0.25) is 0 Å². The second kappa shape index (κ2) is 4.31. The second-order valence-electron chi connectivity index (χ2n) is 1.60. The van der Waals surface area contributed by atoms with Gasteiger partial charge in [-0.15, -0.1) is 4.62 Å². The summed E-state index contributed by atoms with van der Waals surface area (Å²) >= 11 is 8.06.